The minimum absolute atomic E-state index is 0.0756. The van der Waals surface area contributed by atoms with Crippen molar-refractivity contribution in [2.75, 3.05) is 4.90 Å². The lowest BCUT2D eigenvalue weighted by Crippen LogP contribution is -2.34. The number of hydrogen-bond acceptors (Lipinski definition) is 4. The van der Waals surface area contributed by atoms with E-state index in [1.54, 1.807) is 24.3 Å². The number of allylic oxidation sites excluding steroid dienone is 2. The molecule has 2 saturated carbocycles. The number of carbonyl (C=O) groups is 3. The van der Waals surface area contributed by atoms with Gasteiger partial charge in [0.2, 0.25) is 11.8 Å². The second-order valence-corrected chi connectivity index (χ2v) is 7.32. The molecule has 5 rings (SSSR count). The first-order valence-corrected chi connectivity index (χ1v) is 8.37. The first-order chi connectivity index (χ1) is 11.5. The van der Waals surface area contributed by atoms with Gasteiger partial charge in [0, 0.05) is 6.92 Å². The summed E-state index contributed by atoms with van der Waals surface area (Å²) in [4.78, 5) is 38.2. The lowest BCUT2D eigenvalue weighted by Gasteiger charge is -2.21. The van der Waals surface area contributed by atoms with Crippen LogP contribution in [-0.2, 0) is 14.4 Å². The van der Waals surface area contributed by atoms with Crippen molar-refractivity contribution in [1.82, 2.24) is 0 Å². The number of fused-ring (bicyclic) bond motifs is 3. The zero-order chi connectivity index (χ0) is 16.6. The SMILES string of the molecule is CC(=O)Oc1ccc(N2C(=O)[C@@H]3[C@@H](C2=O)[C@@H]2C=C[C@H]3C23CC3)cc1. The molecular formula is C19H17NO4. The first kappa shape index (κ1) is 14.0. The molecule has 3 fully saturated rings. The van der Waals surface area contributed by atoms with Crippen LogP contribution in [0.4, 0.5) is 5.69 Å². The van der Waals surface area contributed by atoms with E-state index in [4.69, 9.17) is 4.74 Å². The molecule has 3 aliphatic carbocycles. The summed E-state index contributed by atoms with van der Waals surface area (Å²) >= 11 is 0. The maximum atomic E-state index is 13.0. The van der Waals surface area contributed by atoms with E-state index in [1.165, 1.54) is 11.8 Å². The number of benzene rings is 1. The molecule has 0 unspecified atom stereocenters. The molecule has 4 aliphatic rings. The molecule has 1 saturated heterocycles. The normalized spacial score (nSPS) is 34.1. The third kappa shape index (κ3) is 1.57. The van der Waals surface area contributed by atoms with Crippen molar-refractivity contribution in [3.63, 3.8) is 0 Å². The molecule has 1 aromatic rings. The number of carbonyl (C=O) groups excluding carboxylic acids is 3. The fourth-order valence-corrected chi connectivity index (χ4v) is 5.16. The number of hydrogen-bond donors (Lipinski definition) is 0. The van der Waals surface area contributed by atoms with Crippen LogP contribution >= 0.6 is 0 Å². The number of amides is 2. The number of ether oxygens (including phenoxy) is 1. The van der Waals surface area contributed by atoms with Crippen molar-refractivity contribution in [3.8, 4) is 5.75 Å². The van der Waals surface area contributed by atoms with E-state index in [9.17, 15) is 14.4 Å². The molecule has 0 N–H and O–H groups in total. The summed E-state index contributed by atoms with van der Waals surface area (Å²) in [7, 11) is 0. The van der Waals surface area contributed by atoms with Crippen LogP contribution in [-0.4, -0.2) is 17.8 Å². The Labute approximate surface area is 139 Å². The van der Waals surface area contributed by atoms with Gasteiger partial charge in [-0.05, 0) is 54.4 Å². The molecular weight excluding hydrogens is 306 g/mol. The number of nitrogens with zero attached hydrogens (tertiary/aromatic N) is 1. The van der Waals surface area contributed by atoms with Gasteiger partial charge in [0.05, 0.1) is 17.5 Å². The van der Waals surface area contributed by atoms with Crippen LogP contribution in [0.3, 0.4) is 0 Å². The largest absolute Gasteiger partial charge is 0.427 e. The molecule has 1 aliphatic heterocycles. The van der Waals surface area contributed by atoms with Crippen molar-refractivity contribution in [2.24, 2.45) is 29.1 Å². The fourth-order valence-electron chi connectivity index (χ4n) is 5.16. The molecule has 4 atom stereocenters. The van der Waals surface area contributed by atoms with Crippen molar-refractivity contribution in [2.45, 2.75) is 19.8 Å². The maximum absolute atomic E-state index is 13.0. The van der Waals surface area contributed by atoms with Crippen molar-refractivity contribution < 1.29 is 19.1 Å². The highest BCUT2D eigenvalue weighted by molar-refractivity contribution is 6.23. The fraction of sp³-hybridized carbons (Fsp3) is 0.421. The number of anilines is 1. The van der Waals surface area contributed by atoms with Crippen LogP contribution in [0, 0.1) is 29.1 Å². The Morgan fingerprint density at radius 3 is 2.04 bits per heavy atom. The van der Waals surface area contributed by atoms with Crippen LogP contribution in [0.15, 0.2) is 36.4 Å². The zero-order valence-corrected chi connectivity index (χ0v) is 13.3. The van der Waals surface area contributed by atoms with E-state index in [0.717, 1.165) is 12.8 Å². The van der Waals surface area contributed by atoms with Crippen molar-refractivity contribution in [1.29, 1.82) is 0 Å². The molecule has 1 heterocycles. The minimum atomic E-state index is -0.400. The molecule has 2 bridgehead atoms. The van der Waals surface area contributed by atoms with Crippen molar-refractivity contribution in [3.05, 3.63) is 36.4 Å². The Hall–Kier alpha value is -2.43. The lowest BCUT2D eigenvalue weighted by atomic mass is 9.85. The smallest absolute Gasteiger partial charge is 0.308 e. The molecule has 0 radical (unpaired) electrons. The number of imide groups is 1. The topological polar surface area (TPSA) is 63.7 Å². The van der Waals surface area contributed by atoms with Gasteiger partial charge in [-0.2, -0.15) is 0 Å². The third-order valence-electron chi connectivity index (χ3n) is 6.21. The molecule has 1 spiro atoms. The van der Waals surface area contributed by atoms with Crippen LogP contribution < -0.4 is 9.64 Å². The highest BCUT2D eigenvalue weighted by atomic mass is 16.5. The average molecular weight is 323 g/mol. The van der Waals surface area contributed by atoms with Gasteiger partial charge in [0.1, 0.15) is 5.75 Å². The Morgan fingerprint density at radius 2 is 1.58 bits per heavy atom. The standard InChI is InChI=1S/C19H17NO4/c1-10(21)24-12-4-2-11(3-5-12)20-17(22)15-13-6-7-14(16(15)18(20)23)19(13)8-9-19/h2-7,13-16H,8-9H2,1H3/t13-,14+,15-,16-/m0/s1. The van der Waals surface area contributed by atoms with Gasteiger partial charge in [-0.1, -0.05) is 12.2 Å². The molecule has 1 aromatic carbocycles. The molecule has 24 heavy (non-hydrogen) atoms. The Morgan fingerprint density at radius 1 is 1.04 bits per heavy atom. The van der Waals surface area contributed by atoms with E-state index in [1.807, 2.05) is 0 Å². The molecule has 5 heteroatoms. The lowest BCUT2D eigenvalue weighted by molar-refractivity contribution is -0.132. The van der Waals surface area contributed by atoms with Crippen LogP contribution in [0.2, 0.25) is 0 Å². The highest BCUT2D eigenvalue weighted by Crippen LogP contribution is 2.73. The van der Waals surface area contributed by atoms with E-state index in [-0.39, 0.29) is 40.9 Å². The monoisotopic (exact) mass is 323 g/mol. The first-order valence-electron chi connectivity index (χ1n) is 8.37. The summed E-state index contributed by atoms with van der Waals surface area (Å²) in [5, 5.41) is 0. The predicted octanol–water partition coefficient (Wildman–Crippen LogP) is 2.31. The summed E-state index contributed by atoms with van der Waals surface area (Å²) in [5.41, 5.74) is 0.769. The maximum Gasteiger partial charge on any atom is 0.308 e. The summed E-state index contributed by atoms with van der Waals surface area (Å²) in [6, 6.07) is 6.55. The van der Waals surface area contributed by atoms with E-state index < -0.39 is 5.97 Å². The van der Waals surface area contributed by atoms with Gasteiger partial charge >= 0.3 is 5.97 Å². The predicted molar refractivity (Wildman–Crippen MR) is 85.0 cm³/mol. The zero-order valence-electron chi connectivity index (χ0n) is 13.3. The second-order valence-electron chi connectivity index (χ2n) is 7.32. The Kier molecular flexibility index (Phi) is 2.53. The Balaban J connectivity index is 1.46. The van der Waals surface area contributed by atoms with Crippen LogP contribution in [0.25, 0.3) is 0 Å². The van der Waals surface area contributed by atoms with Gasteiger partial charge in [0.15, 0.2) is 0 Å². The quantitative estimate of drug-likeness (QED) is 0.363. The summed E-state index contributed by atoms with van der Waals surface area (Å²) in [5.74, 6) is -0.0660. The molecule has 5 nitrogen and oxygen atoms in total. The summed E-state index contributed by atoms with van der Waals surface area (Å²) in [6.45, 7) is 1.33. The summed E-state index contributed by atoms with van der Waals surface area (Å²) < 4.78 is 5.00. The van der Waals surface area contributed by atoms with Gasteiger partial charge in [0.25, 0.3) is 0 Å². The van der Waals surface area contributed by atoms with E-state index in [0.29, 0.717) is 11.4 Å². The van der Waals surface area contributed by atoms with Gasteiger partial charge in [-0.3, -0.25) is 19.3 Å². The number of esters is 1. The van der Waals surface area contributed by atoms with E-state index >= 15 is 0 Å². The second kappa shape index (κ2) is 4.35. The van der Waals surface area contributed by atoms with Crippen LogP contribution in [0.1, 0.15) is 19.8 Å². The van der Waals surface area contributed by atoms with Gasteiger partial charge in [-0.25, -0.2) is 0 Å². The van der Waals surface area contributed by atoms with Gasteiger partial charge < -0.3 is 4.74 Å². The van der Waals surface area contributed by atoms with E-state index in [2.05, 4.69) is 12.2 Å². The van der Waals surface area contributed by atoms with Gasteiger partial charge in [-0.15, -0.1) is 0 Å². The molecule has 122 valence electrons. The Bertz CT molecular complexity index is 771. The highest BCUT2D eigenvalue weighted by Gasteiger charge is 2.73. The summed E-state index contributed by atoms with van der Waals surface area (Å²) in [6.07, 6.45) is 6.61. The molecule has 2 amide bonds. The minimum Gasteiger partial charge on any atom is -0.427 e. The van der Waals surface area contributed by atoms with Crippen molar-refractivity contribution >= 4 is 23.5 Å². The average Bonchev–Trinajstić information content (AvgIpc) is 3.14. The van der Waals surface area contributed by atoms with Crippen LogP contribution in [0.5, 0.6) is 5.75 Å². The molecule has 0 aromatic heterocycles. The third-order valence-corrected chi connectivity index (χ3v) is 6.21. The number of rotatable bonds is 2.